The molecule has 0 bridgehead atoms. The number of carbonyl (C=O) groups excluding carboxylic acids is 7. The number of hydrogen-bond acceptors (Lipinski definition) is 8. The lowest BCUT2D eigenvalue weighted by atomic mass is 9.77. The summed E-state index contributed by atoms with van der Waals surface area (Å²) in [5.41, 5.74) is 0. The SMILES string of the molecule is CC.CC(=O)C1CCC(CN(C)C(=O)C(CC=O)SCCC(=O)C(C)C)CC1.CCC1CC(=O)N(CC2CCC(C(=O)C(C)C)CC2)C1=O. The Labute approximate surface area is 300 Å². The molecule has 3 fully saturated rings. The molecule has 1 heterocycles. The van der Waals surface area contributed by atoms with Crippen LogP contribution in [-0.4, -0.2) is 82.3 Å². The highest BCUT2D eigenvalue weighted by Crippen LogP contribution is 2.33. The number of amides is 3. The van der Waals surface area contributed by atoms with Crippen LogP contribution in [0, 0.1) is 41.4 Å². The molecule has 0 aromatic rings. The summed E-state index contributed by atoms with van der Waals surface area (Å²) in [5, 5.41) is -0.411. The molecule has 3 amide bonds. The van der Waals surface area contributed by atoms with E-state index in [1.165, 1.54) is 16.7 Å². The molecular weight excluding hydrogens is 641 g/mol. The lowest BCUT2D eigenvalue weighted by Gasteiger charge is -2.31. The third kappa shape index (κ3) is 14.8. The van der Waals surface area contributed by atoms with Gasteiger partial charge in [0.05, 0.1) is 5.25 Å². The standard InChI is InChI=1S/C20H33NO4S.C17H27NO3.C2H6/c1-14(2)18(24)10-12-26-19(9-11-22)20(25)21(4)13-16-5-7-17(8-6-16)15(3)23;1-4-13-9-15(19)18(17(13)21)10-12-5-7-14(8-6-12)16(20)11(2)3;1-2/h11,14,16-17,19H,5-10,12-13H2,1-4H3;11-14H,4-10H2,1-3H3;1-2H3. The van der Waals surface area contributed by atoms with E-state index in [1.54, 1.807) is 18.9 Å². The minimum absolute atomic E-state index is 0.00336. The summed E-state index contributed by atoms with van der Waals surface area (Å²) in [6.07, 6.45) is 10.0. The van der Waals surface area contributed by atoms with E-state index in [4.69, 9.17) is 0 Å². The van der Waals surface area contributed by atoms with Crippen molar-refractivity contribution in [1.82, 2.24) is 9.80 Å². The van der Waals surface area contributed by atoms with Crippen molar-refractivity contribution in [2.75, 3.05) is 25.9 Å². The van der Waals surface area contributed by atoms with Crippen LogP contribution < -0.4 is 0 Å². The molecular formula is C39H66N2O7S. The topological polar surface area (TPSA) is 126 Å². The zero-order chi connectivity index (χ0) is 37.3. The van der Waals surface area contributed by atoms with E-state index < -0.39 is 5.25 Å². The fourth-order valence-electron chi connectivity index (χ4n) is 7.01. The summed E-state index contributed by atoms with van der Waals surface area (Å²) in [5.74, 6) is 2.55. The van der Waals surface area contributed by atoms with Gasteiger partial charge in [0.15, 0.2) is 0 Å². The summed E-state index contributed by atoms with van der Waals surface area (Å²) in [4.78, 5) is 86.1. The quantitative estimate of drug-likeness (QED) is 0.124. The molecule has 280 valence electrons. The predicted molar refractivity (Wildman–Crippen MR) is 197 cm³/mol. The lowest BCUT2D eigenvalue weighted by molar-refractivity contribution is -0.141. The summed E-state index contributed by atoms with van der Waals surface area (Å²) < 4.78 is 0. The van der Waals surface area contributed by atoms with Crippen LogP contribution in [-0.2, 0) is 33.6 Å². The maximum absolute atomic E-state index is 12.7. The van der Waals surface area contributed by atoms with Gasteiger partial charge in [-0.2, -0.15) is 0 Å². The maximum atomic E-state index is 12.7. The number of aldehydes is 1. The molecule has 49 heavy (non-hydrogen) atoms. The second kappa shape index (κ2) is 23.2. The first-order valence-electron chi connectivity index (χ1n) is 18.9. The van der Waals surface area contributed by atoms with Crippen LogP contribution in [0.4, 0.5) is 0 Å². The van der Waals surface area contributed by atoms with Crippen molar-refractivity contribution in [2.24, 2.45) is 41.4 Å². The van der Waals surface area contributed by atoms with Crippen molar-refractivity contribution in [3.63, 3.8) is 0 Å². The van der Waals surface area contributed by atoms with E-state index in [1.807, 2.05) is 48.5 Å². The average Bonchev–Trinajstić information content (AvgIpc) is 3.36. The summed E-state index contributed by atoms with van der Waals surface area (Å²) >= 11 is 1.41. The summed E-state index contributed by atoms with van der Waals surface area (Å²) in [6.45, 7) is 16.5. The molecule has 1 saturated heterocycles. The minimum atomic E-state index is -0.411. The highest BCUT2D eigenvalue weighted by molar-refractivity contribution is 8.00. The van der Waals surface area contributed by atoms with Gasteiger partial charge >= 0.3 is 0 Å². The number of thioether (sulfide) groups is 1. The van der Waals surface area contributed by atoms with Gasteiger partial charge in [-0.1, -0.05) is 48.5 Å². The number of nitrogens with zero attached hydrogens (tertiary/aromatic N) is 2. The Morgan fingerprint density at radius 3 is 1.90 bits per heavy atom. The van der Waals surface area contributed by atoms with E-state index in [2.05, 4.69) is 0 Å². The normalized spacial score (nSPS) is 24.4. The molecule has 3 rings (SSSR count). The first-order valence-corrected chi connectivity index (χ1v) is 20.0. The van der Waals surface area contributed by atoms with Crippen LogP contribution in [0.5, 0.6) is 0 Å². The Kier molecular flexibility index (Phi) is 21.1. The van der Waals surface area contributed by atoms with Crippen LogP contribution in [0.15, 0.2) is 0 Å². The second-order valence-corrected chi connectivity index (χ2v) is 15.9. The smallest absolute Gasteiger partial charge is 0.235 e. The molecule has 9 nitrogen and oxygen atoms in total. The lowest BCUT2D eigenvalue weighted by Crippen LogP contribution is -2.39. The molecule has 0 N–H and O–H groups in total. The van der Waals surface area contributed by atoms with Crippen LogP contribution in [0.2, 0.25) is 0 Å². The Hall–Kier alpha value is -2.36. The Morgan fingerprint density at radius 1 is 0.878 bits per heavy atom. The predicted octanol–water partition coefficient (Wildman–Crippen LogP) is 6.98. The summed E-state index contributed by atoms with van der Waals surface area (Å²) in [7, 11) is 1.79. The number of imide groups is 1. The van der Waals surface area contributed by atoms with Crippen molar-refractivity contribution < 1.29 is 33.6 Å². The summed E-state index contributed by atoms with van der Waals surface area (Å²) in [6, 6.07) is 0. The molecule has 0 aromatic heterocycles. The van der Waals surface area contributed by atoms with Crippen LogP contribution in [0.25, 0.3) is 0 Å². The second-order valence-electron chi connectivity index (χ2n) is 14.6. The molecule has 2 saturated carbocycles. The minimum Gasteiger partial charge on any atom is -0.345 e. The zero-order valence-corrected chi connectivity index (χ0v) is 32.8. The van der Waals surface area contributed by atoms with E-state index in [9.17, 15) is 33.6 Å². The van der Waals surface area contributed by atoms with Gasteiger partial charge in [-0.05, 0) is 76.5 Å². The van der Waals surface area contributed by atoms with E-state index in [0.29, 0.717) is 49.3 Å². The Bertz CT molecular complexity index is 1090. The monoisotopic (exact) mass is 706 g/mol. The van der Waals surface area contributed by atoms with Gasteiger partial charge in [0.25, 0.3) is 0 Å². The van der Waals surface area contributed by atoms with Gasteiger partial charge in [-0.25, -0.2) is 0 Å². The van der Waals surface area contributed by atoms with Crippen molar-refractivity contribution in [1.29, 1.82) is 0 Å². The van der Waals surface area contributed by atoms with Gasteiger partial charge in [0.2, 0.25) is 17.7 Å². The largest absolute Gasteiger partial charge is 0.345 e. The van der Waals surface area contributed by atoms with Gasteiger partial charge < -0.3 is 9.69 Å². The Balaban J connectivity index is 0.000000475. The van der Waals surface area contributed by atoms with Crippen molar-refractivity contribution >= 4 is 53.1 Å². The molecule has 0 radical (unpaired) electrons. The highest BCUT2D eigenvalue weighted by atomic mass is 32.2. The third-order valence-electron chi connectivity index (χ3n) is 10.3. The van der Waals surface area contributed by atoms with Crippen LogP contribution in [0.1, 0.15) is 132 Å². The third-order valence-corrected chi connectivity index (χ3v) is 11.6. The number of Topliss-reactive ketones (excluding diaryl/α,β-unsaturated/α-hetero) is 3. The van der Waals surface area contributed by atoms with Gasteiger partial charge in [-0.15, -0.1) is 11.8 Å². The van der Waals surface area contributed by atoms with Crippen molar-refractivity contribution in [3.8, 4) is 0 Å². The molecule has 0 spiro atoms. The van der Waals surface area contributed by atoms with Gasteiger partial charge in [-0.3, -0.25) is 33.7 Å². The van der Waals surface area contributed by atoms with Gasteiger partial charge in [0.1, 0.15) is 23.6 Å². The molecule has 1 aliphatic heterocycles. The van der Waals surface area contributed by atoms with E-state index in [-0.39, 0.29) is 65.3 Å². The number of hydrogen-bond donors (Lipinski definition) is 0. The molecule has 0 aromatic carbocycles. The number of rotatable bonds is 16. The molecule has 10 heteroatoms. The van der Waals surface area contributed by atoms with Crippen LogP contribution >= 0.6 is 11.8 Å². The highest BCUT2D eigenvalue weighted by Gasteiger charge is 2.39. The van der Waals surface area contributed by atoms with Crippen molar-refractivity contribution in [3.05, 3.63) is 0 Å². The molecule has 3 aliphatic rings. The average molecular weight is 707 g/mol. The fourth-order valence-corrected chi connectivity index (χ4v) is 8.15. The van der Waals surface area contributed by atoms with Gasteiger partial charge in [0, 0.05) is 74.7 Å². The fraction of sp³-hybridized carbons (Fsp3) is 0.821. The number of carbonyl (C=O) groups is 7. The zero-order valence-electron chi connectivity index (χ0n) is 32.0. The molecule has 2 unspecified atom stereocenters. The first kappa shape index (κ1) is 44.7. The first-order chi connectivity index (χ1) is 23.2. The number of likely N-dealkylation sites (tertiary alicyclic amines) is 1. The van der Waals surface area contributed by atoms with E-state index in [0.717, 1.165) is 64.1 Å². The Morgan fingerprint density at radius 2 is 1.43 bits per heavy atom. The number of ketones is 3. The maximum Gasteiger partial charge on any atom is 0.235 e. The van der Waals surface area contributed by atoms with E-state index >= 15 is 0 Å². The molecule has 2 aliphatic carbocycles. The molecule has 2 atom stereocenters. The van der Waals surface area contributed by atoms with Crippen LogP contribution in [0.3, 0.4) is 0 Å². The van der Waals surface area contributed by atoms with Crippen molar-refractivity contribution in [2.45, 2.75) is 138 Å².